The number of morpholine rings is 1. The molecule has 1 aromatic rings. The molecule has 3 rings (SSSR count). The van der Waals surface area contributed by atoms with Gasteiger partial charge in [0.2, 0.25) is 0 Å². The van der Waals surface area contributed by atoms with E-state index in [0.29, 0.717) is 17.5 Å². The molecular formula is C18H26N2O3. The first-order valence-corrected chi connectivity index (χ1v) is 8.39. The number of hydrogen-bond donors (Lipinski definition) is 0. The van der Waals surface area contributed by atoms with Crippen LogP contribution in [0.1, 0.15) is 22.8 Å². The molecule has 0 spiro atoms. The van der Waals surface area contributed by atoms with Crippen LogP contribution in [0.15, 0.2) is 24.3 Å². The number of benzene rings is 1. The summed E-state index contributed by atoms with van der Waals surface area (Å²) < 4.78 is 10.2. The number of rotatable bonds is 4. The van der Waals surface area contributed by atoms with Gasteiger partial charge in [-0.15, -0.1) is 0 Å². The molecule has 2 fully saturated rings. The summed E-state index contributed by atoms with van der Waals surface area (Å²) in [4.78, 5) is 16.6. The van der Waals surface area contributed by atoms with Crippen LogP contribution in [0.25, 0.3) is 0 Å². The first-order valence-electron chi connectivity index (χ1n) is 8.39. The Labute approximate surface area is 138 Å². The van der Waals surface area contributed by atoms with E-state index >= 15 is 0 Å². The summed E-state index contributed by atoms with van der Waals surface area (Å²) in [6.07, 6.45) is 0. The molecule has 2 unspecified atom stereocenters. The lowest BCUT2D eigenvalue weighted by Gasteiger charge is -2.34. The second-order valence-corrected chi connectivity index (χ2v) is 6.58. The fourth-order valence-corrected chi connectivity index (χ4v) is 3.68. The predicted octanol–water partition coefficient (Wildman–Crippen LogP) is 1.63. The summed E-state index contributed by atoms with van der Waals surface area (Å²) in [6.45, 7) is 9.34. The summed E-state index contributed by atoms with van der Waals surface area (Å²) in [5.41, 5.74) is 1.85. The van der Waals surface area contributed by atoms with Crippen molar-refractivity contribution in [2.75, 3.05) is 46.5 Å². The van der Waals surface area contributed by atoms with E-state index in [0.717, 1.165) is 45.9 Å². The zero-order valence-corrected chi connectivity index (χ0v) is 14.0. The number of carbonyl (C=O) groups excluding carboxylic acids is 1. The molecule has 2 atom stereocenters. The topological polar surface area (TPSA) is 42.0 Å². The third-order valence-corrected chi connectivity index (χ3v) is 4.94. The highest BCUT2D eigenvalue weighted by atomic mass is 16.5. The maximum absolute atomic E-state index is 11.5. The lowest BCUT2D eigenvalue weighted by molar-refractivity contribution is 0.0118. The smallest absolute Gasteiger partial charge is 0.337 e. The zero-order valence-electron chi connectivity index (χ0n) is 14.0. The standard InChI is InChI=1S/C18H26N2O3/c1-14-11-19(13-17(14)20-7-9-23-10-8-20)12-15-3-5-16(6-4-15)18(21)22-2/h3-6,14,17H,7-13H2,1-2H3. The highest BCUT2D eigenvalue weighted by molar-refractivity contribution is 5.89. The van der Waals surface area contributed by atoms with Crippen molar-refractivity contribution >= 4 is 5.97 Å². The Morgan fingerprint density at radius 1 is 1.22 bits per heavy atom. The maximum atomic E-state index is 11.5. The fourth-order valence-electron chi connectivity index (χ4n) is 3.68. The van der Waals surface area contributed by atoms with Crippen LogP contribution in [0.4, 0.5) is 0 Å². The van der Waals surface area contributed by atoms with Crippen LogP contribution in [-0.4, -0.2) is 68.3 Å². The van der Waals surface area contributed by atoms with E-state index < -0.39 is 0 Å². The minimum Gasteiger partial charge on any atom is -0.465 e. The second-order valence-electron chi connectivity index (χ2n) is 6.58. The lowest BCUT2D eigenvalue weighted by Crippen LogP contribution is -2.46. The van der Waals surface area contributed by atoms with E-state index in [2.05, 4.69) is 16.7 Å². The van der Waals surface area contributed by atoms with Gasteiger partial charge in [-0.2, -0.15) is 0 Å². The molecule has 5 nitrogen and oxygen atoms in total. The maximum Gasteiger partial charge on any atom is 0.337 e. The Balaban J connectivity index is 1.57. The molecule has 0 saturated carbocycles. The van der Waals surface area contributed by atoms with Crippen molar-refractivity contribution in [2.45, 2.75) is 19.5 Å². The zero-order chi connectivity index (χ0) is 16.2. The summed E-state index contributed by atoms with van der Waals surface area (Å²) in [5.74, 6) is 0.404. The third-order valence-electron chi connectivity index (χ3n) is 4.94. The van der Waals surface area contributed by atoms with Gasteiger partial charge in [-0.25, -0.2) is 4.79 Å². The van der Waals surface area contributed by atoms with Crippen LogP contribution in [0, 0.1) is 5.92 Å². The number of hydrogen-bond acceptors (Lipinski definition) is 5. The molecule has 2 aliphatic rings. The van der Waals surface area contributed by atoms with E-state index in [9.17, 15) is 4.79 Å². The molecule has 2 heterocycles. The van der Waals surface area contributed by atoms with Crippen LogP contribution in [0.2, 0.25) is 0 Å². The molecule has 1 aromatic carbocycles. The van der Waals surface area contributed by atoms with Gasteiger partial charge in [0, 0.05) is 38.8 Å². The highest BCUT2D eigenvalue weighted by Gasteiger charge is 2.34. The molecule has 0 amide bonds. The van der Waals surface area contributed by atoms with Crippen molar-refractivity contribution in [3.05, 3.63) is 35.4 Å². The molecule has 126 valence electrons. The van der Waals surface area contributed by atoms with Gasteiger partial charge in [0.05, 0.1) is 25.9 Å². The van der Waals surface area contributed by atoms with E-state index in [-0.39, 0.29) is 5.97 Å². The van der Waals surface area contributed by atoms with Gasteiger partial charge >= 0.3 is 5.97 Å². The van der Waals surface area contributed by atoms with Crippen LogP contribution in [-0.2, 0) is 16.0 Å². The van der Waals surface area contributed by atoms with Crippen molar-refractivity contribution in [3.8, 4) is 0 Å². The van der Waals surface area contributed by atoms with E-state index in [1.807, 2.05) is 24.3 Å². The van der Waals surface area contributed by atoms with Crippen molar-refractivity contribution < 1.29 is 14.3 Å². The third kappa shape index (κ3) is 3.91. The van der Waals surface area contributed by atoms with Gasteiger partial charge in [-0.1, -0.05) is 19.1 Å². The van der Waals surface area contributed by atoms with E-state index in [1.165, 1.54) is 12.7 Å². The van der Waals surface area contributed by atoms with Gasteiger partial charge in [-0.3, -0.25) is 9.80 Å². The number of esters is 1. The van der Waals surface area contributed by atoms with Crippen LogP contribution in [0.5, 0.6) is 0 Å². The second kappa shape index (κ2) is 7.43. The molecule has 2 aliphatic heterocycles. The number of ether oxygens (including phenoxy) is 2. The molecule has 0 radical (unpaired) electrons. The van der Waals surface area contributed by atoms with Crippen LogP contribution in [0.3, 0.4) is 0 Å². The van der Waals surface area contributed by atoms with Crippen molar-refractivity contribution in [1.82, 2.24) is 9.80 Å². The van der Waals surface area contributed by atoms with Gasteiger partial charge in [0.15, 0.2) is 0 Å². The SMILES string of the molecule is COC(=O)c1ccc(CN2CC(C)C(N3CCOCC3)C2)cc1. The van der Waals surface area contributed by atoms with Gasteiger partial charge in [0.25, 0.3) is 0 Å². The van der Waals surface area contributed by atoms with Crippen LogP contribution < -0.4 is 0 Å². The van der Waals surface area contributed by atoms with Crippen molar-refractivity contribution in [1.29, 1.82) is 0 Å². The average Bonchev–Trinajstić information content (AvgIpc) is 2.96. The molecule has 0 bridgehead atoms. The summed E-state index contributed by atoms with van der Waals surface area (Å²) in [7, 11) is 1.41. The first kappa shape index (κ1) is 16.4. The number of methoxy groups -OCH3 is 1. The Bertz CT molecular complexity index is 526. The number of carbonyl (C=O) groups is 1. The van der Waals surface area contributed by atoms with Crippen molar-refractivity contribution in [3.63, 3.8) is 0 Å². The van der Waals surface area contributed by atoms with Crippen LogP contribution >= 0.6 is 0 Å². The summed E-state index contributed by atoms with van der Waals surface area (Å²) in [6, 6.07) is 8.38. The minimum absolute atomic E-state index is 0.279. The number of nitrogens with zero attached hydrogens (tertiary/aromatic N) is 2. The average molecular weight is 318 g/mol. The Kier molecular flexibility index (Phi) is 5.30. The first-order chi connectivity index (χ1) is 11.2. The van der Waals surface area contributed by atoms with Crippen molar-refractivity contribution in [2.24, 2.45) is 5.92 Å². The monoisotopic (exact) mass is 318 g/mol. The predicted molar refractivity (Wildman–Crippen MR) is 88.4 cm³/mol. The molecule has 23 heavy (non-hydrogen) atoms. The Morgan fingerprint density at radius 2 is 1.91 bits per heavy atom. The summed E-state index contributed by atoms with van der Waals surface area (Å²) >= 11 is 0. The van der Waals surface area contributed by atoms with E-state index in [4.69, 9.17) is 9.47 Å². The molecule has 0 aliphatic carbocycles. The largest absolute Gasteiger partial charge is 0.465 e. The normalized spacial score (nSPS) is 26.3. The molecule has 5 heteroatoms. The Hall–Kier alpha value is -1.43. The minimum atomic E-state index is -0.279. The fraction of sp³-hybridized carbons (Fsp3) is 0.611. The van der Waals surface area contributed by atoms with Gasteiger partial charge in [-0.05, 0) is 23.6 Å². The lowest BCUT2D eigenvalue weighted by atomic mass is 10.0. The summed E-state index contributed by atoms with van der Waals surface area (Å²) in [5, 5.41) is 0. The van der Waals surface area contributed by atoms with Gasteiger partial charge in [0.1, 0.15) is 0 Å². The van der Waals surface area contributed by atoms with Gasteiger partial charge < -0.3 is 9.47 Å². The number of likely N-dealkylation sites (tertiary alicyclic amines) is 1. The molecule has 0 aromatic heterocycles. The molecular weight excluding hydrogens is 292 g/mol. The Morgan fingerprint density at radius 3 is 2.57 bits per heavy atom. The molecule has 2 saturated heterocycles. The quantitative estimate of drug-likeness (QED) is 0.789. The van der Waals surface area contributed by atoms with E-state index in [1.54, 1.807) is 0 Å². The molecule has 0 N–H and O–H groups in total. The highest BCUT2D eigenvalue weighted by Crippen LogP contribution is 2.24.